The van der Waals surface area contributed by atoms with Gasteiger partial charge in [0.15, 0.2) is 5.78 Å². The highest BCUT2D eigenvalue weighted by Crippen LogP contribution is 2.45. The minimum absolute atomic E-state index is 0.0597. The van der Waals surface area contributed by atoms with E-state index in [0.29, 0.717) is 0 Å². The zero-order valence-electron chi connectivity index (χ0n) is 15.7. The van der Waals surface area contributed by atoms with E-state index in [4.69, 9.17) is 0 Å². The molecule has 1 aliphatic rings. The number of nitro benzene ring substituents is 4. The molecule has 4 rings (SSSR count). The van der Waals surface area contributed by atoms with Gasteiger partial charge in [0.05, 0.1) is 31.3 Å². The molecule has 0 spiro atoms. The predicted molar refractivity (Wildman–Crippen MR) is 108 cm³/mol. The van der Waals surface area contributed by atoms with Crippen molar-refractivity contribution in [1.29, 1.82) is 0 Å². The molecule has 0 N–H and O–H groups in total. The van der Waals surface area contributed by atoms with Gasteiger partial charge in [0.25, 0.3) is 22.7 Å². The van der Waals surface area contributed by atoms with Gasteiger partial charge in [0.2, 0.25) is 0 Å². The molecule has 0 radical (unpaired) electrons. The number of hydrogen-bond donors (Lipinski definition) is 0. The highest BCUT2D eigenvalue weighted by Gasteiger charge is 2.36. The fourth-order valence-electron chi connectivity index (χ4n) is 3.07. The summed E-state index contributed by atoms with van der Waals surface area (Å²) in [6.45, 7) is 0. The molecule has 13 nitrogen and oxygen atoms in total. The van der Waals surface area contributed by atoms with Crippen molar-refractivity contribution >= 4 is 28.5 Å². The lowest BCUT2D eigenvalue weighted by molar-refractivity contribution is -0.393. The third-order valence-electron chi connectivity index (χ3n) is 4.45. The van der Waals surface area contributed by atoms with Crippen molar-refractivity contribution in [2.45, 2.75) is 0 Å². The first kappa shape index (κ1) is 21.6. The van der Waals surface area contributed by atoms with Crippen LogP contribution >= 0.6 is 0 Å². The van der Waals surface area contributed by atoms with Gasteiger partial charge in [-0.1, -0.05) is 18.2 Å². The van der Waals surface area contributed by atoms with E-state index in [0.717, 1.165) is 24.3 Å². The first-order valence-electron chi connectivity index (χ1n) is 8.61. The van der Waals surface area contributed by atoms with E-state index >= 15 is 0 Å². The molecule has 1 aliphatic carbocycles. The second-order valence-electron chi connectivity index (χ2n) is 6.31. The third kappa shape index (κ3) is 3.97. The highest BCUT2D eigenvalue weighted by molar-refractivity contribution is 6.23. The van der Waals surface area contributed by atoms with Crippen LogP contribution in [-0.4, -0.2) is 25.5 Å². The summed E-state index contributed by atoms with van der Waals surface area (Å²) < 4.78 is 0. The van der Waals surface area contributed by atoms with Crippen LogP contribution < -0.4 is 0 Å². The Hall–Kier alpha value is -5.07. The normalized spacial score (nSPS) is 10.9. The molecule has 0 unspecified atom stereocenters. The summed E-state index contributed by atoms with van der Waals surface area (Å²) in [5.74, 6) is -0.717. The summed E-state index contributed by atoms with van der Waals surface area (Å²) in [5.41, 5.74) is -1.59. The maximum absolute atomic E-state index is 12.3. The highest BCUT2D eigenvalue weighted by atomic mass is 16.6. The third-order valence-corrected chi connectivity index (χ3v) is 4.45. The van der Waals surface area contributed by atoms with E-state index in [1.165, 1.54) is 18.2 Å². The Balaban J connectivity index is 0.000000269. The topological polar surface area (TPSA) is 190 Å². The van der Waals surface area contributed by atoms with E-state index < -0.39 is 36.9 Å². The monoisotopic (exact) mass is 438 g/mol. The molecular weight excluding hydrogens is 428 g/mol. The zero-order valence-corrected chi connectivity index (χ0v) is 15.7. The van der Waals surface area contributed by atoms with Gasteiger partial charge in [-0.15, -0.1) is 0 Å². The molecule has 0 atom stereocenters. The van der Waals surface area contributed by atoms with Gasteiger partial charge in [-0.25, -0.2) is 0 Å². The number of non-ortho nitro benzene ring substituents is 3. The largest absolute Gasteiger partial charge is 0.289 e. The van der Waals surface area contributed by atoms with Gasteiger partial charge in [0, 0.05) is 47.0 Å². The van der Waals surface area contributed by atoms with E-state index in [9.17, 15) is 45.3 Å². The average molecular weight is 438 g/mol. The molecule has 3 aromatic carbocycles. The van der Waals surface area contributed by atoms with Crippen molar-refractivity contribution < 1.29 is 24.5 Å². The van der Waals surface area contributed by atoms with Gasteiger partial charge in [0.1, 0.15) is 0 Å². The molecule has 0 saturated heterocycles. The number of hydrogen-bond acceptors (Lipinski definition) is 9. The first-order valence-corrected chi connectivity index (χ1v) is 8.61. The van der Waals surface area contributed by atoms with Gasteiger partial charge >= 0.3 is 0 Å². The maximum atomic E-state index is 12.3. The van der Waals surface area contributed by atoms with Crippen molar-refractivity contribution in [3.63, 3.8) is 0 Å². The Morgan fingerprint density at radius 1 is 0.531 bits per heavy atom. The predicted octanol–water partition coefficient (Wildman–Crippen LogP) is 4.22. The minimum Gasteiger partial charge on any atom is -0.289 e. The lowest BCUT2D eigenvalue weighted by Gasteiger charge is -2.02. The number of carbonyl (C=O) groups excluding carboxylic acids is 1. The van der Waals surface area contributed by atoms with Crippen LogP contribution in [0.15, 0.2) is 60.7 Å². The number of nitro groups is 4. The van der Waals surface area contributed by atoms with Crippen LogP contribution in [0.4, 0.5) is 22.7 Å². The number of ketones is 1. The van der Waals surface area contributed by atoms with Gasteiger partial charge in [-0.05, 0) is 6.07 Å². The Bertz CT molecular complexity index is 1310. The molecule has 0 fully saturated rings. The molecule has 3 aromatic rings. The lowest BCUT2D eigenvalue weighted by atomic mass is 10.0. The van der Waals surface area contributed by atoms with Crippen LogP contribution in [0.1, 0.15) is 15.9 Å². The summed E-state index contributed by atoms with van der Waals surface area (Å²) >= 11 is 0. The number of rotatable bonds is 4. The molecule has 0 heterocycles. The van der Waals surface area contributed by atoms with E-state index in [2.05, 4.69) is 0 Å². The number of nitrogens with zero attached hydrogens (tertiary/aromatic N) is 4. The number of fused-ring (bicyclic) bond motifs is 3. The summed E-state index contributed by atoms with van der Waals surface area (Å²) in [7, 11) is 0. The van der Waals surface area contributed by atoms with Crippen molar-refractivity contribution in [3.8, 4) is 11.1 Å². The van der Waals surface area contributed by atoms with E-state index in [1.807, 2.05) is 0 Å². The lowest BCUT2D eigenvalue weighted by Crippen LogP contribution is -2.00. The summed E-state index contributed by atoms with van der Waals surface area (Å²) in [6, 6.07) is 13.0. The number of carbonyl (C=O) groups is 1. The van der Waals surface area contributed by atoms with Crippen LogP contribution in [0.25, 0.3) is 11.1 Å². The molecule has 0 aliphatic heterocycles. The smallest absolute Gasteiger partial charge is 0.284 e. The molecule has 0 saturated carbocycles. The van der Waals surface area contributed by atoms with Crippen molar-refractivity contribution in [2.75, 3.05) is 0 Å². The van der Waals surface area contributed by atoms with Crippen LogP contribution in [0.2, 0.25) is 0 Å². The van der Waals surface area contributed by atoms with Crippen molar-refractivity contribution in [2.24, 2.45) is 0 Å². The standard InChI is InChI=1S/C13H5N3O7.C6H5NO2/c17-13-9-3-6(14(18)19)1-2-8(9)12-10(13)4-7(15(20)21)5-11(12)16(22)23;8-7(9)6-4-2-1-3-5-6/h1-5H;1-5H. The quantitative estimate of drug-likeness (QED) is 0.331. The molecule has 13 heteroatoms. The SMILES string of the molecule is O=C1c2cc([N+](=O)[O-])ccc2-c2c1cc([N+](=O)[O-])cc2[N+](=O)[O-].O=[N+]([O-])c1ccccc1. The summed E-state index contributed by atoms with van der Waals surface area (Å²) in [6.07, 6.45) is 0. The van der Waals surface area contributed by atoms with Gasteiger partial charge in [-0.2, -0.15) is 0 Å². The molecule has 32 heavy (non-hydrogen) atoms. The van der Waals surface area contributed by atoms with Gasteiger partial charge in [-0.3, -0.25) is 45.3 Å². The summed E-state index contributed by atoms with van der Waals surface area (Å²) in [5, 5.41) is 42.9. The number of benzene rings is 3. The zero-order chi connectivity index (χ0) is 23.6. The Kier molecular flexibility index (Phi) is 5.65. The molecule has 160 valence electrons. The number of para-hydroxylation sites is 1. The Labute approximate surface area is 177 Å². The van der Waals surface area contributed by atoms with Crippen molar-refractivity contribution in [3.05, 3.63) is 112 Å². The maximum Gasteiger partial charge on any atom is 0.284 e. The molecular formula is C19H10N4O9. The van der Waals surface area contributed by atoms with Crippen LogP contribution in [0, 0.1) is 40.5 Å². The first-order chi connectivity index (χ1) is 15.1. The summed E-state index contributed by atoms with van der Waals surface area (Å²) in [4.78, 5) is 52.4. The second kappa shape index (κ2) is 8.35. The fourth-order valence-corrected chi connectivity index (χ4v) is 3.07. The molecule has 0 bridgehead atoms. The average Bonchev–Trinajstić information content (AvgIpc) is 3.05. The Morgan fingerprint density at radius 2 is 1.09 bits per heavy atom. The van der Waals surface area contributed by atoms with Crippen molar-refractivity contribution in [1.82, 2.24) is 0 Å². The van der Waals surface area contributed by atoms with E-state index in [1.54, 1.807) is 18.2 Å². The Morgan fingerprint density at radius 3 is 1.59 bits per heavy atom. The molecule has 0 amide bonds. The van der Waals surface area contributed by atoms with Gasteiger partial charge < -0.3 is 0 Å². The molecule has 0 aromatic heterocycles. The van der Waals surface area contributed by atoms with Crippen LogP contribution in [-0.2, 0) is 0 Å². The second-order valence-corrected chi connectivity index (χ2v) is 6.31. The van der Waals surface area contributed by atoms with Crippen LogP contribution in [0.5, 0.6) is 0 Å². The van der Waals surface area contributed by atoms with E-state index in [-0.39, 0.29) is 33.6 Å². The van der Waals surface area contributed by atoms with Crippen LogP contribution in [0.3, 0.4) is 0 Å². The fraction of sp³-hybridized carbons (Fsp3) is 0. The minimum atomic E-state index is -0.841.